The first-order valence-electron chi connectivity index (χ1n) is 6.83. The molecule has 0 spiro atoms. The summed E-state index contributed by atoms with van der Waals surface area (Å²) in [4.78, 5) is 25.4. The van der Waals surface area contributed by atoms with E-state index in [2.05, 4.69) is 25.8 Å². The molecule has 0 aromatic carbocycles. The molecule has 0 fully saturated rings. The van der Waals surface area contributed by atoms with Crippen molar-refractivity contribution in [1.82, 2.24) is 4.98 Å². The van der Waals surface area contributed by atoms with Gasteiger partial charge in [-0.15, -0.1) is 0 Å². The minimum atomic E-state index is -1.15. The van der Waals surface area contributed by atoms with Gasteiger partial charge in [0.25, 0.3) is 5.56 Å². The smallest absolute Gasteiger partial charge is 0.341 e. The molecule has 1 unspecified atom stereocenters. The molecule has 0 bridgehead atoms. The van der Waals surface area contributed by atoms with E-state index in [0.717, 1.165) is 36.9 Å². The number of nitrogens with one attached hydrogen (secondary N) is 1. The molecule has 1 aromatic heterocycles. The van der Waals surface area contributed by atoms with Crippen LogP contribution >= 0.6 is 0 Å². The standard InChI is InChI=1S/C15H21NO3/c1-4-15(2,3)10-5-6-12-9(7-10)8-11(14(18)19)13(17)16-12/h8,10H,4-7H2,1-3H3,(H,16,17)(H,18,19). The molecule has 4 nitrogen and oxygen atoms in total. The lowest BCUT2D eigenvalue weighted by atomic mass is 9.69. The third-order valence-electron chi connectivity index (χ3n) is 4.67. The summed E-state index contributed by atoms with van der Waals surface area (Å²) >= 11 is 0. The van der Waals surface area contributed by atoms with E-state index in [1.807, 2.05) is 0 Å². The van der Waals surface area contributed by atoms with Crippen molar-refractivity contribution in [2.75, 3.05) is 0 Å². The molecule has 1 heterocycles. The molecule has 0 radical (unpaired) electrons. The Kier molecular flexibility index (Phi) is 3.52. The van der Waals surface area contributed by atoms with Gasteiger partial charge in [-0.3, -0.25) is 4.79 Å². The number of carbonyl (C=O) groups is 1. The first-order chi connectivity index (χ1) is 8.85. The lowest BCUT2D eigenvalue weighted by Crippen LogP contribution is -2.31. The molecule has 0 saturated carbocycles. The van der Waals surface area contributed by atoms with E-state index in [1.54, 1.807) is 6.07 Å². The molecule has 2 N–H and O–H groups in total. The third kappa shape index (κ3) is 2.57. The number of aromatic amines is 1. The highest BCUT2D eigenvalue weighted by atomic mass is 16.4. The number of rotatable bonds is 3. The lowest BCUT2D eigenvalue weighted by Gasteiger charge is -2.37. The van der Waals surface area contributed by atoms with Crippen molar-refractivity contribution in [3.8, 4) is 0 Å². The van der Waals surface area contributed by atoms with Crippen molar-refractivity contribution in [1.29, 1.82) is 0 Å². The van der Waals surface area contributed by atoms with E-state index < -0.39 is 11.5 Å². The van der Waals surface area contributed by atoms with Gasteiger partial charge in [0.1, 0.15) is 5.56 Å². The van der Waals surface area contributed by atoms with Crippen LogP contribution in [0.25, 0.3) is 0 Å². The van der Waals surface area contributed by atoms with E-state index in [-0.39, 0.29) is 11.0 Å². The monoisotopic (exact) mass is 263 g/mol. The molecule has 0 saturated heterocycles. The zero-order chi connectivity index (χ0) is 14.2. The Morgan fingerprint density at radius 1 is 1.53 bits per heavy atom. The van der Waals surface area contributed by atoms with Crippen molar-refractivity contribution >= 4 is 5.97 Å². The van der Waals surface area contributed by atoms with Gasteiger partial charge < -0.3 is 10.1 Å². The van der Waals surface area contributed by atoms with Gasteiger partial charge in [-0.25, -0.2) is 4.79 Å². The second-order valence-electron chi connectivity index (χ2n) is 6.10. The number of carboxylic acid groups (broad SMARTS) is 1. The van der Waals surface area contributed by atoms with Crippen molar-refractivity contribution in [3.63, 3.8) is 0 Å². The maximum absolute atomic E-state index is 11.6. The highest BCUT2D eigenvalue weighted by Gasteiger charge is 2.31. The van der Waals surface area contributed by atoms with Crippen LogP contribution in [0, 0.1) is 11.3 Å². The number of H-pyrrole nitrogens is 1. The molecule has 0 aliphatic heterocycles. The summed E-state index contributed by atoms with van der Waals surface area (Å²) < 4.78 is 0. The van der Waals surface area contributed by atoms with Crippen molar-refractivity contribution in [2.24, 2.45) is 11.3 Å². The summed E-state index contributed by atoms with van der Waals surface area (Å²) in [7, 11) is 0. The molecular formula is C15H21NO3. The number of hydrogen-bond acceptors (Lipinski definition) is 2. The highest BCUT2D eigenvalue weighted by molar-refractivity contribution is 5.87. The Balaban J connectivity index is 2.37. The van der Waals surface area contributed by atoms with Gasteiger partial charge in [-0.1, -0.05) is 27.2 Å². The summed E-state index contributed by atoms with van der Waals surface area (Å²) in [6.07, 6.45) is 3.84. The molecule has 1 aliphatic carbocycles. The van der Waals surface area contributed by atoms with Crippen molar-refractivity contribution < 1.29 is 9.90 Å². The van der Waals surface area contributed by atoms with E-state index in [4.69, 9.17) is 5.11 Å². The normalized spacial score (nSPS) is 19.0. The summed E-state index contributed by atoms with van der Waals surface area (Å²) in [5.74, 6) is -0.613. The second kappa shape index (κ2) is 4.83. The van der Waals surface area contributed by atoms with Gasteiger partial charge in [0.15, 0.2) is 0 Å². The Hall–Kier alpha value is -1.58. The van der Waals surface area contributed by atoms with Crippen LogP contribution in [0.2, 0.25) is 0 Å². The molecule has 2 rings (SSSR count). The van der Waals surface area contributed by atoms with E-state index in [1.165, 1.54) is 0 Å². The number of pyridine rings is 1. The van der Waals surface area contributed by atoms with Crippen LogP contribution in [0.5, 0.6) is 0 Å². The second-order valence-corrected chi connectivity index (χ2v) is 6.10. The lowest BCUT2D eigenvalue weighted by molar-refractivity contribution is 0.0694. The van der Waals surface area contributed by atoms with Gasteiger partial charge in [-0.2, -0.15) is 0 Å². The zero-order valence-corrected chi connectivity index (χ0v) is 11.7. The summed E-state index contributed by atoms with van der Waals surface area (Å²) in [6, 6.07) is 1.56. The molecule has 1 aliphatic rings. The number of aryl methyl sites for hydroxylation is 1. The summed E-state index contributed by atoms with van der Waals surface area (Å²) in [6.45, 7) is 6.70. The Bertz CT molecular complexity index is 557. The molecule has 4 heteroatoms. The number of fused-ring (bicyclic) bond motifs is 1. The first kappa shape index (κ1) is 13.8. The van der Waals surface area contributed by atoms with E-state index in [0.29, 0.717) is 5.92 Å². The maximum atomic E-state index is 11.6. The number of aromatic nitrogens is 1. The molecule has 1 aromatic rings. The summed E-state index contributed by atoms with van der Waals surface area (Å²) in [5, 5.41) is 9.02. The molecule has 1 atom stereocenters. The Morgan fingerprint density at radius 3 is 2.79 bits per heavy atom. The number of carboxylic acids is 1. The predicted octanol–water partition coefficient (Wildman–Crippen LogP) is 2.61. The van der Waals surface area contributed by atoms with Gasteiger partial charge in [0, 0.05) is 5.69 Å². The fourth-order valence-corrected chi connectivity index (χ4v) is 2.82. The molecule has 19 heavy (non-hydrogen) atoms. The fourth-order valence-electron chi connectivity index (χ4n) is 2.82. The maximum Gasteiger partial charge on any atom is 0.341 e. The zero-order valence-electron chi connectivity index (χ0n) is 11.7. The molecule has 0 amide bonds. The fraction of sp³-hybridized carbons (Fsp3) is 0.600. The van der Waals surface area contributed by atoms with Crippen molar-refractivity contribution in [2.45, 2.75) is 46.5 Å². The van der Waals surface area contributed by atoms with Gasteiger partial charge >= 0.3 is 5.97 Å². The molecule has 104 valence electrons. The first-order valence-corrected chi connectivity index (χ1v) is 6.83. The SMILES string of the molecule is CCC(C)(C)C1CCc2[nH]c(=O)c(C(=O)O)cc2C1. The Morgan fingerprint density at radius 2 is 2.21 bits per heavy atom. The summed E-state index contributed by atoms with van der Waals surface area (Å²) in [5.41, 5.74) is 1.53. The number of hydrogen-bond donors (Lipinski definition) is 2. The van der Waals surface area contributed by atoms with Crippen LogP contribution in [0.3, 0.4) is 0 Å². The largest absolute Gasteiger partial charge is 0.477 e. The minimum Gasteiger partial charge on any atom is -0.477 e. The van der Waals surface area contributed by atoms with Gasteiger partial charge in [0.2, 0.25) is 0 Å². The van der Waals surface area contributed by atoms with Crippen LogP contribution in [-0.2, 0) is 12.8 Å². The van der Waals surface area contributed by atoms with Crippen LogP contribution in [-0.4, -0.2) is 16.1 Å². The van der Waals surface area contributed by atoms with E-state index >= 15 is 0 Å². The predicted molar refractivity (Wildman–Crippen MR) is 73.6 cm³/mol. The number of aromatic carboxylic acids is 1. The average Bonchev–Trinajstić information content (AvgIpc) is 2.37. The topological polar surface area (TPSA) is 70.2 Å². The van der Waals surface area contributed by atoms with Crippen LogP contribution in [0.1, 0.15) is 55.2 Å². The average molecular weight is 263 g/mol. The highest BCUT2D eigenvalue weighted by Crippen LogP contribution is 2.39. The van der Waals surface area contributed by atoms with Gasteiger partial charge in [-0.05, 0) is 42.2 Å². The van der Waals surface area contributed by atoms with Crippen LogP contribution in [0.4, 0.5) is 0 Å². The molecular weight excluding hydrogens is 242 g/mol. The third-order valence-corrected chi connectivity index (χ3v) is 4.67. The van der Waals surface area contributed by atoms with Crippen LogP contribution < -0.4 is 5.56 Å². The van der Waals surface area contributed by atoms with Gasteiger partial charge in [0.05, 0.1) is 0 Å². The quantitative estimate of drug-likeness (QED) is 0.880. The van der Waals surface area contributed by atoms with E-state index in [9.17, 15) is 9.59 Å². The minimum absolute atomic E-state index is 0.145. The Labute approximate surface area is 112 Å². The van der Waals surface area contributed by atoms with Crippen LogP contribution in [0.15, 0.2) is 10.9 Å². The van der Waals surface area contributed by atoms with Crippen molar-refractivity contribution in [3.05, 3.63) is 33.2 Å².